The Hall–Kier alpha value is -2.87. The van der Waals surface area contributed by atoms with Gasteiger partial charge in [-0.2, -0.15) is 26.3 Å². The summed E-state index contributed by atoms with van der Waals surface area (Å²) in [5.74, 6) is -0.144. The van der Waals surface area contributed by atoms with Crippen LogP contribution in [0.4, 0.5) is 30.7 Å². The number of fused-ring (bicyclic) bond motifs is 6. The second kappa shape index (κ2) is 11.6. The Morgan fingerprint density at radius 3 is 1.96 bits per heavy atom. The number of aryl methyl sites for hydroxylation is 1. The number of benzene rings is 2. The van der Waals surface area contributed by atoms with Crippen LogP contribution in [0.5, 0.6) is 0 Å². The molecule has 47 heavy (non-hydrogen) atoms. The van der Waals surface area contributed by atoms with Crippen LogP contribution in [0.25, 0.3) is 0 Å². The Morgan fingerprint density at radius 2 is 1.45 bits per heavy atom. The van der Waals surface area contributed by atoms with Gasteiger partial charge in [0.2, 0.25) is 5.91 Å². The fourth-order valence-electron chi connectivity index (χ4n) is 8.30. The maximum atomic E-state index is 15.1. The van der Waals surface area contributed by atoms with E-state index in [9.17, 15) is 39.6 Å². The van der Waals surface area contributed by atoms with Crippen molar-refractivity contribution in [1.82, 2.24) is 4.90 Å². The van der Waals surface area contributed by atoms with E-state index in [1.165, 1.54) is 24.3 Å². The molecule has 15 heteroatoms. The van der Waals surface area contributed by atoms with Gasteiger partial charge in [-0.3, -0.25) is 9.59 Å². The van der Waals surface area contributed by atoms with Gasteiger partial charge in [-0.05, 0) is 98.6 Å². The molecule has 7 rings (SSSR count). The number of rotatable bonds is 4. The standard InChI is InChI=1S/C31H31ClF7NO3S.CH2O2/c1-26-10-13-27(14-11-26,15-12-26)25(41)40-17-16-28(44(42,43)22-6-4-21(32)5-7-22)23-8-3-20(18-19(23)2-9-24(28)40)29(33,30(34,35)36)31(37,38)39;2-1-3/h3-8,18,24H,2,9-17H2,1H3;1H,(H,2,3). The summed E-state index contributed by atoms with van der Waals surface area (Å²) < 4.78 is 124. The van der Waals surface area contributed by atoms with Crippen molar-refractivity contribution in [3.8, 4) is 0 Å². The van der Waals surface area contributed by atoms with Crippen molar-refractivity contribution in [1.29, 1.82) is 0 Å². The van der Waals surface area contributed by atoms with Gasteiger partial charge in [0.05, 0.1) is 10.9 Å². The average Bonchev–Trinajstić information content (AvgIpc) is 3.42. The molecule has 258 valence electrons. The van der Waals surface area contributed by atoms with Gasteiger partial charge in [0, 0.05) is 22.5 Å². The number of amides is 1. The summed E-state index contributed by atoms with van der Waals surface area (Å²) in [7, 11) is -4.41. The molecule has 2 unspecified atom stereocenters. The summed E-state index contributed by atoms with van der Waals surface area (Å²) in [6, 6.07) is 6.17. The molecule has 5 aliphatic rings. The fourth-order valence-corrected chi connectivity index (χ4v) is 10.8. The maximum Gasteiger partial charge on any atom is 0.435 e. The molecule has 1 heterocycles. The number of nitrogens with zero attached hydrogens (tertiary/aromatic N) is 1. The molecule has 2 aromatic rings. The highest BCUT2D eigenvalue weighted by Gasteiger charge is 2.74. The Morgan fingerprint density at radius 1 is 0.915 bits per heavy atom. The lowest BCUT2D eigenvalue weighted by atomic mass is 9.54. The predicted molar refractivity (Wildman–Crippen MR) is 157 cm³/mol. The lowest BCUT2D eigenvalue weighted by molar-refractivity contribution is -0.348. The summed E-state index contributed by atoms with van der Waals surface area (Å²) in [4.78, 5) is 24.1. The third kappa shape index (κ3) is 5.32. The minimum Gasteiger partial charge on any atom is -0.483 e. The Bertz CT molecular complexity index is 1620. The second-order valence-corrected chi connectivity index (χ2v) is 16.0. The average molecular weight is 712 g/mol. The molecule has 1 N–H and O–H groups in total. The van der Waals surface area contributed by atoms with E-state index in [0.29, 0.717) is 31.4 Å². The number of hydrogen-bond acceptors (Lipinski definition) is 4. The van der Waals surface area contributed by atoms with Crippen molar-refractivity contribution in [2.75, 3.05) is 6.54 Å². The molecule has 1 aliphatic heterocycles. The highest BCUT2D eigenvalue weighted by molar-refractivity contribution is 7.92. The number of halogens is 8. The summed E-state index contributed by atoms with van der Waals surface area (Å²) in [5, 5.41) is 7.15. The summed E-state index contributed by atoms with van der Waals surface area (Å²) >= 11 is 6.00. The third-order valence-electron chi connectivity index (χ3n) is 11.0. The van der Waals surface area contributed by atoms with Crippen LogP contribution in [0.1, 0.15) is 75.0 Å². The van der Waals surface area contributed by atoms with Crippen molar-refractivity contribution < 1.29 is 53.8 Å². The summed E-state index contributed by atoms with van der Waals surface area (Å²) in [6.45, 7) is 2.00. The SMILES string of the molecule is CC12CCC(C(=O)N3CCC4(S(=O)(=O)c5ccc(Cl)cc5)c5ccc(C(F)(C(F)(F)F)C(F)(F)F)cc5CCC34)(CC1)CC2.O=CO. The van der Waals surface area contributed by atoms with E-state index < -0.39 is 49.6 Å². The van der Waals surface area contributed by atoms with Gasteiger partial charge in [0.25, 0.3) is 6.47 Å². The molecule has 1 saturated heterocycles. The van der Waals surface area contributed by atoms with Crippen LogP contribution in [0, 0.1) is 10.8 Å². The molecular weight excluding hydrogens is 679 g/mol. The van der Waals surface area contributed by atoms with Crippen molar-refractivity contribution >= 4 is 33.8 Å². The smallest absolute Gasteiger partial charge is 0.435 e. The van der Waals surface area contributed by atoms with Crippen LogP contribution < -0.4 is 0 Å². The quantitative estimate of drug-likeness (QED) is 0.257. The Labute approximate surface area is 272 Å². The number of alkyl halides is 7. The van der Waals surface area contributed by atoms with E-state index in [1.54, 1.807) is 4.90 Å². The van der Waals surface area contributed by atoms with Gasteiger partial charge in [0.15, 0.2) is 9.84 Å². The molecule has 2 bridgehead atoms. The van der Waals surface area contributed by atoms with Crippen molar-refractivity contribution in [2.45, 2.75) is 98.4 Å². The molecule has 1 amide bonds. The second-order valence-electron chi connectivity index (χ2n) is 13.4. The molecular formula is C32H33ClF7NO5S. The summed E-state index contributed by atoms with van der Waals surface area (Å²) in [5.41, 5.74) is -7.89. The van der Waals surface area contributed by atoms with E-state index in [0.717, 1.165) is 25.3 Å². The summed E-state index contributed by atoms with van der Waals surface area (Å²) in [6.07, 6.45) is -8.24. The first kappa shape index (κ1) is 35.4. The van der Waals surface area contributed by atoms with E-state index in [1.807, 2.05) is 0 Å². The molecule has 2 atom stereocenters. The number of carbonyl (C=O) groups excluding carboxylic acids is 1. The van der Waals surface area contributed by atoms with E-state index in [2.05, 4.69) is 6.92 Å². The topological polar surface area (TPSA) is 91.8 Å². The van der Waals surface area contributed by atoms with Crippen LogP contribution in [0.3, 0.4) is 0 Å². The molecule has 0 radical (unpaired) electrons. The normalized spacial score (nSPS) is 29.0. The third-order valence-corrected chi connectivity index (χ3v) is 13.8. The van der Waals surface area contributed by atoms with Crippen LogP contribution in [0.15, 0.2) is 47.4 Å². The zero-order valence-corrected chi connectivity index (χ0v) is 26.8. The van der Waals surface area contributed by atoms with E-state index in [-0.39, 0.29) is 64.6 Å². The number of carbonyl (C=O) groups is 2. The fraction of sp³-hybridized carbons (Fsp3) is 0.562. The van der Waals surface area contributed by atoms with Crippen LogP contribution >= 0.6 is 11.6 Å². The Balaban J connectivity index is 0.00000139. The number of carboxylic acid groups (broad SMARTS) is 1. The van der Waals surface area contributed by atoms with E-state index >= 15 is 4.39 Å². The largest absolute Gasteiger partial charge is 0.483 e. The molecule has 0 aromatic heterocycles. The van der Waals surface area contributed by atoms with Crippen LogP contribution in [-0.4, -0.2) is 55.7 Å². The van der Waals surface area contributed by atoms with Gasteiger partial charge in [-0.1, -0.05) is 36.7 Å². The molecule has 6 nitrogen and oxygen atoms in total. The van der Waals surface area contributed by atoms with Gasteiger partial charge in [-0.15, -0.1) is 0 Å². The maximum absolute atomic E-state index is 15.1. The van der Waals surface area contributed by atoms with Crippen molar-refractivity contribution in [3.63, 3.8) is 0 Å². The molecule has 0 spiro atoms. The lowest BCUT2D eigenvalue weighted by Crippen LogP contribution is -2.57. The minimum atomic E-state index is -6.31. The minimum absolute atomic E-state index is 0.00758. The van der Waals surface area contributed by atoms with E-state index in [4.69, 9.17) is 21.5 Å². The number of sulfone groups is 1. The molecule has 3 saturated carbocycles. The highest BCUT2D eigenvalue weighted by atomic mass is 35.5. The van der Waals surface area contributed by atoms with Crippen molar-refractivity contribution in [2.24, 2.45) is 10.8 Å². The van der Waals surface area contributed by atoms with Crippen molar-refractivity contribution in [3.05, 3.63) is 64.2 Å². The van der Waals surface area contributed by atoms with Gasteiger partial charge < -0.3 is 10.0 Å². The monoisotopic (exact) mass is 711 g/mol. The van der Waals surface area contributed by atoms with Crippen LogP contribution in [0.2, 0.25) is 5.02 Å². The van der Waals surface area contributed by atoms with Gasteiger partial charge >= 0.3 is 18.0 Å². The van der Waals surface area contributed by atoms with Gasteiger partial charge in [-0.25, -0.2) is 12.8 Å². The number of hydrogen-bond donors (Lipinski definition) is 1. The zero-order valence-electron chi connectivity index (χ0n) is 25.2. The molecule has 4 fully saturated rings. The lowest BCUT2D eigenvalue weighted by Gasteiger charge is -2.53. The Kier molecular flexibility index (Phi) is 8.77. The molecule has 2 aromatic carbocycles. The van der Waals surface area contributed by atoms with Crippen LogP contribution in [-0.2, 0) is 36.3 Å². The zero-order chi connectivity index (χ0) is 34.8. The highest BCUT2D eigenvalue weighted by Crippen LogP contribution is 2.60. The predicted octanol–water partition coefficient (Wildman–Crippen LogP) is 7.91. The number of likely N-dealkylation sites (tertiary alicyclic amines) is 1. The van der Waals surface area contributed by atoms with Gasteiger partial charge in [0.1, 0.15) is 4.75 Å². The first-order valence-corrected chi connectivity index (χ1v) is 16.9. The first-order chi connectivity index (χ1) is 21.7. The molecule has 4 aliphatic carbocycles. The first-order valence-electron chi connectivity index (χ1n) is 15.1.